The van der Waals surface area contributed by atoms with E-state index in [4.69, 9.17) is 16.0 Å². The molecule has 2 atom stereocenters. The van der Waals surface area contributed by atoms with Crippen molar-refractivity contribution in [3.05, 3.63) is 35.4 Å². The average molecular weight is 241 g/mol. The van der Waals surface area contributed by atoms with Crippen LogP contribution >= 0.6 is 0 Å². The van der Waals surface area contributed by atoms with Gasteiger partial charge in [-0.15, -0.1) is 0 Å². The number of epoxide rings is 1. The zero-order valence-corrected chi connectivity index (χ0v) is 9.28. The molecule has 0 aromatic heterocycles. The molecule has 92 valence electrons. The van der Waals surface area contributed by atoms with Crippen molar-refractivity contribution in [2.24, 2.45) is 5.84 Å². The smallest absolute Gasteiger partial charge is 0.141 e. The van der Waals surface area contributed by atoms with Crippen LogP contribution < -0.4 is 5.84 Å². The van der Waals surface area contributed by atoms with Gasteiger partial charge < -0.3 is 4.74 Å². The van der Waals surface area contributed by atoms with E-state index in [1.54, 1.807) is 6.92 Å². The fourth-order valence-electron chi connectivity index (χ4n) is 1.96. The molecule has 1 aromatic carbocycles. The minimum absolute atomic E-state index is 0.153. The van der Waals surface area contributed by atoms with Crippen molar-refractivity contribution in [3.63, 3.8) is 0 Å². The lowest BCUT2D eigenvalue weighted by atomic mass is 9.95. The zero-order chi connectivity index (χ0) is 12.6. The summed E-state index contributed by atoms with van der Waals surface area (Å²) >= 11 is 0. The van der Waals surface area contributed by atoms with Crippen molar-refractivity contribution < 1.29 is 13.5 Å². The van der Waals surface area contributed by atoms with Gasteiger partial charge in [0.15, 0.2) is 0 Å². The first-order valence-electron chi connectivity index (χ1n) is 5.15. The summed E-state index contributed by atoms with van der Waals surface area (Å²) in [5, 5.41) is 8.10. The maximum Gasteiger partial charge on any atom is 0.141 e. The van der Waals surface area contributed by atoms with Crippen molar-refractivity contribution in [2.45, 2.75) is 18.6 Å². The first-order chi connectivity index (χ1) is 7.99. The van der Waals surface area contributed by atoms with Crippen LogP contribution in [0.25, 0.3) is 0 Å². The van der Waals surface area contributed by atoms with Gasteiger partial charge in [-0.2, -0.15) is 0 Å². The minimum Gasteiger partial charge on any atom is -0.359 e. The Labute approximate surface area is 97.5 Å². The predicted molar refractivity (Wildman–Crippen MR) is 58.3 cm³/mol. The van der Waals surface area contributed by atoms with Gasteiger partial charge in [0, 0.05) is 11.6 Å². The van der Waals surface area contributed by atoms with Gasteiger partial charge in [-0.1, -0.05) is 6.07 Å². The standard InChI is InChI=1S/C11H13F2N3O/c1-7-11(17-7,5-16(15)6-14)9-3-2-8(12)4-10(9)13/h2-4,6-7,14H,5,15H2,1H3. The van der Waals surface area contributed by atoms with Crippen LogP contribution in [0.3, 0.4) is 0 Å². The highest BCUT2D eigenvalue weighted by Gasteiger charge is 2.56. The number of nitrogens with two attached hydrogens (primary N) is 1. The summed E-state index contributed by atoms with van der Waals surface area (Å²) in [5.74, 6) is 4.20. The Bertz CT molecular complexity index is 454. The van der Waals surface area contributed by atoms with Crippen molar-refractivity contribution in [1.29, 1.82) is 5.41 Å². The van der Waals surface area contributed by atoms with E-state index in [1.165, 1.54) is 12.1 Å². The van der Waals surface area contributed by atoms with E-state index < -0.39 is 17.2 Å². The molecule has 6 heteroatoms. The third kappa shape index (κ3) is 2.01. The van der Waals surface area contributed by atoms with E-state index >= 15 is 0 Å². The molecule has 0 aliphatic carbocycles. The van der Waals surface area contributed by atoms with Crippen LogP contribution in [0.1, 0.15) is 12.5 Å². The van der Waals surface area contributed by atoms with Crippen LogP contribution in [0.4, 0.5) is 8.78 Å². The van der Waals surface area contributed by atoms with E-state index in [9.17, 15) is 8.78 Å². The normalized spacial score (nSPS) is 26.7. The van der Waals surface area contributed by atoms with Gasteiger partial charge in [0.05, 0.1) is 19.0 Å². The summed E-state index contributed by atoms with van der Waals surface area (Å²) in [5.41, 5.74) is -0.618. The van der Waals surface area contributed by atoms with Crippen LogP contribution in [0, 0.1) is 17.0 Å². The van der Waals surface area contributed by atoms with Gasteiger partial charge in [-0.05, 0) is 13.0 Å². The molecule has 1 heterocycles. The molecule has 0 saturated carbocycles. The Morgan fingerprint density at radius 1 is 1.59 bits per heavy atom. The molecule has 1 aliphatic rings. The number of nitrogens with one attached hydrogen (secondary N) is 1. The fraction of sp³-hybridized carbons (Fsp3) is 0.364. The maximum atomic E-state index is 13.7. The lowest BCUT2D eigenvalue weighted by Crippen LogP contribution is -2.38. The van der Waals surface area contributed by atoms with Crippen molar-refractivity contribution >= 4 is 6.34 Å². The summed E-state index contributed by atoms with van der Waals surface area (Å²) in [6, 6.07) is 3.35. The molecule has 2 rings (SSSR count). The number of rotatable bonds is 4. The lowest BCUT2D eigenvalue weighted by Gasteiger charge is -2.19. The van der Waals surface area contributed by atoms with Gasteiger partial charge in [0.2, 0.25) is 0 Å². The van der Waals surface area contributed by atoms with E-state index in [-0.39, 0.29) is 18.2 Å². The molecule has 0 amide bonds. The SMILES string of the molecule is CC1OC1(CN(N)C=N)c1ccc(F)cc1F. The Balaban J connectivity index is 2.32. The number of halogens is 2. The molecule has 1 aliphatic heterocycles. The van der Waals surface area contributed by atoms with E-state index in [0.29, 0.717) is 0 Å². The second-order valence-electron chi connectivity index (χ2n) is 4.08. The number of hydrazine groups is 1. The number of hydrogen-bond acceptors (Lipinski definition) is 3. The molecular weight excluding hydrogens is 228 g/mol. The quantitative estimate of drug-likeness (QED) is 0.275. The van der Waals surface area contributed by atoms with E-state index in [2.05, 4.69) is 0 Å². The number of benzene rings is 1. The Kier molecular flexibility index (Phi) is 2.84. The third-order valence-electron chi connectivity index (χ3n) is 2.96. The Morgan fingerprint density at radius 3 is 2.71 bits per heavy atom. The molecule has 1 fully saturated rings. The van der Waals surface area contributed by atoms with Crippen LogP contribution in [0.15, 0.2) is 18.2 Å². The van der Waals surface area contributed by atoms with Gasteiger partial charge in [-0.25, -0.2) is 14.6 Å². The van der Waals surface area contributed by atoms with Gasteiger partial charge in [0.25, 0.3) is 0 Å². The highest BCUT2D eigenvalue weighted by atomic mass is 19.1. The molecule has 1 saturated heterocycles. The zero-order valence-electron chi connectivity index (χ0n) is 9.28. The summed E-state index contributed by atoms with van der Waals surface area (Å²) in [7, 11) is 0. The second kappa shape index (κ2) is 4.05. The maximum absolute atomic E-state index is 13.7. The van der Waals surface area contributed by atoms with Gasteiger partial charge in [-0.3, -0.25) is 10.4 Å². The number of ether oxygens (including phenoxy) is 1. The molecule has 2 unspecified atom stereocenters. The summed E-state index contributed by atoms with van der Waals surface area (Å²) in [4.78, 5) is 0. The van der Waals surface area contributed by atoms with Crippen molar-refractivity contribution in [3.8, 4) is 0 Å². The molecule has 0 radical (unpaired) electrons. The second-order valence-corrected chi connectivity index (χ2v) is 4.08. The highest BCUT2D eigenvalue weighted by molar-refractivity contribution is 5.50. The number of hydrogen-bond donors (Lipinski definition) is 2. The predicted octanol–water partition coefficient (Wildman–Crippen LogP) is 1.36. The summed E-state index contributed by atoms with van der Waals surface area (Å²) < 4.78 is 31.9. The van der Waals surface area contributed by atoms with E-state index in [0.717, 1.165) is 17.4 Å². The van der Waals surface area contributed by atoms with E-state index in [1.807, 2.05) is 0 Å². The minimum atomic E-state index is -0.885. The fourth-order valence-corrected chi connectivity index (χ4v) is 1.96. The molecule has 1 aromatic rings. The van der Waals surface area contributed by atoms with Gasteiger partial charge >= 0.3 is 0 Å². The highest BCUT2D eigenvalue weighted by Crippen LogP contribution is 2.47. The van der Waals surface area contributed by atoms with Crippen molar-refractivity contribution in [2.75, 3.05) is 6.54 Å². The monoisotopic (exact) mass is 241 g/mol. The molecule has 3 N–H and O–H groups in total. The largest absolute Gasteiger partial charge is 0.359 e. The average Bonchev–Trinajstić information content (AvgIpc) is 2.89. The first kappa shape index (κ1) is 11.9. The van der Waals surface area contributed by atoms with Gasteiger partial charge in [0.1, 0.15) is 17.2 Å². The molecule has 0 bridgehead atoms. The third-order valence-corrected chi connectivity index (χ3v) is 2.96. The van der Waals surface area contributed by atoms with Crippen molar-refractivity contribution in [1.82, 2.24) is 5.01 Å². The van der Waals surface area contributed by atoms with Crippen LogP contribution in [0.2, 0.25) is 0 Å². The molecule has 4 nitrogen and oxygen atoms in total. The van der Waals surface area contributed by atoms with Crippen LogP contribution in [-0.4, -0.2) is 24.0 Å². The summed E-state index contributed by atoms with van der Waals surface area (Å²) in [6.45, 7) is 1.93. The number of nitrogens with zero attached hydrogens (tertiary/aromatic N) is 1. The van der Waals surface area contributed by atoms with Crippen LogP contribution in [0.5, 0.6) is 0 Å². The molecule has 0 spiro atoms. The first-order valence-corrected chi connectivity index (χ1v) is 5.15. The Morgan fingerprint density at radius 2 is 2.24 bits per heavy atom. The Hall–Kier alpha value is -1.53. The molecular formula is C11H13F2N3O. The lowest BCUT2D eigenvalue weighted by molar-refractivity contribution is 0.242. The van der Waals surface area contributed by atoms with Crippen LogP contribution in [-0.2, 0) is 10.3 Å². The summed E-state index contributed by atoms with van der Waals surface area (Å²) in [6.07, 6.45) is 0.714. The topological polar surface area (TPSA) is 65.6 Å². The molecule has 17 heavy (non-hydrogen) atoms.